The van der Waals surface area contributed by atoms with Crippen molar-refractivity contribution in [3.63, 3.8) is 0 Å². The number of aromatic nitrogens is 4. The van der Waals surface area contributed by atoms with Crippen LogP contribution in [0.25, 0.3) is 11.4 Å². The van der Waals surface area contributed by atoms with Crippen molar-refractivity contribution < 1.29 is 38.0 Å². The van der Waals surface area contributed by atoms with Crippen molar-refractivity contribution in [1.82, 2.24) is 30.8 Å². The molecule has 5 N–H and O–H groups in total. The highest BCUT2D eigenvalue weighted by Gasteiger charge is 2.37. The Hall–Kier alpha value is -4.96. The van der Waals surface area contributed by atoms with Gasteiger partial charge in [-0.3, -0.25) is 19.7 Å². The second-order valence-electron chi connectivity index (χ2n) is 14.0. The lowest BCUT2D eigenvalue weighted by molar-refractivity contribution is -0.137. The number of nitrogens with zero attached hydrogens (tertiary/aromatic N) is 3. The van der Waals surface area contributed by atoms with E-state index in [1.165, 1.54) is 6.07 Å². The molecule has 308 valence electrons. The topological polar surface area (TPSA) is 182 Å². The minimum atomic E-state index is -0.756. The summed E-state index contributed by atoms with van der Waals surface area (Å²) in [5, 5.41) is 26.2. The first-order valence-corrected chi connectivity index (χ1v) is 20.0. The summed E-state index contributed by atoms with van der Waals surface area (Å²) in [6.45, 7) is 5.48. The van der Waals surface area contributed by atoms with E-state index in [4.69, 9.17) is 29.0 Å². The van der Waals surface area contributed by atoms with Gasteiger partial charge >= 0.3 is 5.97 Å². The molecule has 0 aliphatic carbocycles. The van der Waals surface area contributed by atoms with Crippen LogP contribution in [-0.4, -0.2) is 96.5 Å². The number of carboxylic acid groups (broad SMARTS) is 1. The van der Waals surface area contributed by atoms with Crippen molar-refractivity contribution in [3.05, 3.63) is 89.8 Å². The van der Waals surface area contributed by atoms with Crippen molar-refractivity contribution in [3.8, 4) is 17.1 Å². The fourth-order valence-electron chi connectivity index (χ4n) is 6.50. The fraction of sp³-hybridized carbons (Fsp3) is 0.500. The molecule has 1 amide bonds. The summed E-state index contributed by atoms with van der Waals surface area (Å²) in [7, 11) is 0. The lowest BCUT2D eigenvalue weighted by atomic mass is 9.87. The number of halogens is 1. The van der Waals surface area contributed by atoms with Crippen LogP contribution < -0.4 is 20.7 Å². The number of rotatable bonds is 27. The lowest BCUT2D eigenvalue weighted by Crippen LogP contribution is -2.46. The molecule has 57 heavy (non-hydrogen) atoms. The van der Waals surface area contributed by atoms with Crippen LogP contribution >= 0.6 is 0 Å². The van der Waals surface area contributed by atoms with Gasteiger partial charge in [0, 0.05) is 61.0 Å². The predicted molar refractivity (Wildman–Crippen MR) is 214 cm³/mol. The normalized spacial score (nSPS) is 13.6. The third-order valence-electron chi connectivity index (χ3n) is 9.67. The monoisotopic (exact) mass is 789 g/mol. The Morgan fingerprint density at radius 2 is 1.49 bits per heavy atom. The molecule has 1 aliphatic heterocycles. The zero-order valence-corrected chi connectivity index (χ0v) is 32.6. The van der Waals surface area contributed by atoms with Crippen molar-refractivity contribution >= 4 is 17.6 Å². The number of hydrogen-bond acceptors (Lipinski definition) is 11. The fourth-order valence-corrected chi connectivity index (χ4v) is 6.50. The molecule has 0 spiro atoms. The summed E-state index contributed by atoms with van der Waals surface area (Å²) >= 11 is 0. The van der Waals surface area contributed by atoms with Crippen LogP contribution in [0.3, 0.4) is 0 Å². The van der Waals surface area contributed by atoms with Gasteiger partial charge in [0.15, 0.2) is 11.6 Å². The SMILES string of the molecule is O=C(O)CCCCCOCCOCCOCCCCCCOc1ccc(F)c(CNC(=O)c2cccc(NC3(c4nc(-c5ccncc5)n[nH]4)CCNCC3)c2)c1. The number of H-pyrrole nitrogens is 1. The molecule has 0 radical (unpaired) electrons. The number of carbonyl (C=O) groups excluding carboxylic acids is 1. The number of pyridine rings is 1. The Morgan fingerprint density at radius 3 is 2.21 bits per heavy atom. The Kier molecular flexibility index (Phi) is 18.1. The molecule has 14 nitrogen and oxygen atoms in total. The first-order valence-electron chi connectivity index (χ1n) is 20.0. The average Bonchev–Trinajstić information content (AvgIpc) is 3.74. The molecular formula is C42H56FN7O7. The Balaban J connectivity index is 0.962. The van der Waals surface area contributed by atoms with Crippen molar-refractivity contribution in [1.29, 1.82) is 0 Å². The predicted octanol–water partition coefficient (Wildman–Crippen LogP) is 6.26. The minimum Gasteiger partial charge on any atom is -0.494 e. The standard InChI is InChI=1S/C42H56FN7O7/c43-37-13-12-36(57-24-7-2-1-5-22-54-25-27-56-28-26-55-23-6-3-4-11-38(51)52)30-34(37)31-46-40(53)33-9-8-10-35(29-33)48-42(16-20-45-21-17-42)41-47-39(49-50-41)32-14-18-44-19-15-32/h8-10,12-15,18-19,29-30,45,48H,1-7,11,16-17,20-28,31H2,(H,46,53)(H,51,52)(H,47,49,50). The summed E-state index contributed by atoms with van der Waals surface area (Å²) in [5.41, 5.74) is 1.92. The van der Waals surface area contributed by atoms with Crippen LogP contribution in [0.4, 0.5) is 10.1 Å². The number of aromatic amines is 1. The van der Waals surface area contributed by atoms with E-state index in [1.54, 1.807) is 36.7 Å². The van der Waals surface area contributed by atoms with Gasteiger partial charge in [-0.15, -0.1) is 0 Å². The maximum absolute atomic E-state index is 14.8. The van der Waals surface area contributed by atoms with Crippen molar-refractivity contribution in [2.75, 3.05) is 64.7 Å². The summed E-state index contributed by atoms with van der Waals surface area (Å²) in [6, 6.07) is 15.6. The van der Waals surface area contributed by atoms with E-state index in [9.17, 15) is 14.0 Å². The molecule has 15 heteroatoms. The van der Waals surface area contributed by atoms with Crippen LogP contribution in [0.2, 0.25) is 0 Å². The van der Waals surface area contributed by atoms with Crippen LogP contribution in [0.5, 0.6) is 5.75 Å². The highest BCUT2D eigenvalue weighted by atomic mass is 19.1. The van der Waals surface area contributed by atoms with Crippen molar-refractivity contribution in [2.45, 2.75) is 76.3 Å². The lowest BCUT2D eigenvalue weighted by Gasteiger charge is -2.37. The number of anilines is 1. The van der Waals surface area contributed by atoms with E-state index in [-0.39, 0.29) is 18.9 Å². The van der Waals surface area contributed by atoms with E-state index in [1.807, 2.05) is 24.3 Å². The maximum atomic E-state index is 14.8. The number of benzene rings is 2. The van der Waals surface area contributed by atoms with E-state index in [2.05, 4.69) is 31.1 Å². The molecule has 2 aromatic carbocycles. The number of unbranched alkanes of at least 4 members (excludes halogenated alkanes) is 5. The summed E-state index contributed by atoms with van der Waals surface area (Å²) in [4.78, 5) is 32.7. The molecule has 1 saturated heterocycles. The molecule has 1 aliphatic rings. The number of ether oxygens (including phenoxy) is 4. The molecule has 0 bridgehead atoms. The van der Waals surface area contributed by atoms with Crippen LogP contribution in [0, 0.1) is 5.82 Å². The number of amides is 1. The molecule has 4 aromatic rings. The molecule has 0 unspecified atom stereocenters. The van der Waals surface area contributed by atoms with E-state index in [0.717, 1.165) is 81.5 Å². The van der Waals surface area contributed by atoms with E-state index in [0.29, 0.717) is 75.4 Å². The quantitative estimate of drug-likeness (QED) is 0.0429. The van der Waals surface area contributed by atoms with Gasteiger partial charge in [-0.05, 0) is 107 Å². The highest BCUT2D eigenvalue weighted by molar-refractivity contribution is 5.95. The Bertz CT molecular complexity index is 1790. The number of carbonyl (C=O) groups is 2. The van der Waals surface area contributed by atoms with Gasteiger partial charge in [-0.25, -0.2) is 9.37 Å². The largest absolute Gasteiger partial charge is 0.494 e. The number of piperidine rings is 1. The van der Waals surface area contributed by atoms with E-state index >= 15 is 0 Å². The van der Waals surface area contributed by atoms with Gasteiger partial charge in [0.2, 0.25) is 0 Å². The van der Waals surface area contributed by atoms with Gasteiger partial charge in [-0.2, -0.15) is 5.10 Å². The molecule has 5 rings (SSSR count). The van der Waals surface area contributed by atoms with Gasteiger partial charge in [0.1, 0.15) is 11.6 Å². The summed E-state index contributed by atoms with van der Waals surface area (Å²) in [6.07, 6.45) is 11.3. The Labute approximate surface area is 333 Å². The molecule has 2 aromatic heterocycles. The summed E-state index contributed by atoms with van der Waals surface area (Å²) in [5.74, 6) is 0.398. The Morgan fingerprint density at radius 1 is 0.807 bits per heavy atom. The first-order chi connectivity index (χ1) is 27.9. The highest BCUT2D eigenvalue weighted by Crippen LogP contribution is 2.34. The van der Waals surface area contributed by atoms with Crippen LogP contribution in [0.1, 0.15) is 86.0 Å². The van der Waals surface area contributed by atoms with Crippen LogP contribution in [0.15, 0.2) is 67.0 Å². The zero-order valence-electron chi connectivity index (χ0n) is 32.6. The second-order valence-corrected chi connectivity index (χ2v) is 14.0. The maximum Gasteiger partial charge on any atom is 0.303 e. The average molecular weight is 790 g/mol. The van der Waals surface area contributed by atoms with E-state index < -0.39 is 17.3 Å². The molecular weight excluding hydrogens is 734 g/mol. The molecule has 3 heterocycles. The van der Waals surface area contributed by atoms with Gasteiger partial charge in [-0.1, -0.05) is 18.9 Å². The number of carboxylic acids is 1. The molecule has 1 fully saturated rings. The smallest absolute Gasteiger partial charge is 0.303 e. The third kappa shape index (κ3) is 14.8. The van der Waals surface area contributed by atoms with Crippen LogP contribution in [-0.2, 0) is 31.1 Å². The van der Waals surface area contributed by atoms with Gasteiger partial charge in [0.25, 0.3) is 5.91 Å². The second kappa shape index (κ2) is 24.0. The minimum absolute atomic E-state index is 0.0153. The van der Waals surface area contributed by atoms with Gasteiger partial charge < -0.3 is 40.0 Å². The van der Waals surface area contributed by atoms with Gasteiger partial charge in [0.05, 0.1) is 38.6 Å². The zero-order chi connectivity index (χ0) is 40.0. The summed E-state index contributed by atoms with van der Waals surface area (Å²) < 4.78 is 37.3. The number of aliphatic carboxylic acids is 1. The first kappa shape index (κ1) is 43.2. The number of hydrogen-bond donors (Lipinski definition) is 5. The number of nitrogens with one attached hydrogen (secondary N) is 4. The third-order valence-corrected chi connectivity index (χ3v) is 9.67. The van der Waals surface area contributed by atoms with Crippen molar-refractivity contribution in [2.24, 2.45) is 0 Å². The molecule has 0 saturated carbocycles. The molecule has 0 atom stereocenters.